The zero-order valence-corrected chi connectivity index (χ0v) is 9.59. The zero-order valence-electron chi connectivity index (χ0n) is 9.59. The van der Waals surface area contributed by atoms with Crippen molar-refractivity contribution < 1.29 is 23.4 Å². The average Bonchev–Trinajstić information content (AvgIpc) is 2.90. The van der Waals surface area contributed by atoms with Crippen LogP contribution < -0.4 is 0 Å². The summed E-state index contributed by atoms with van der Waals surface area (Å²) in [4.78, 5) is 0. The van der Waals surface area contributed by atoms with E-state index < -0.39 is 0 Å². The molecule has 0 bridgehead atoms. The molecule has 3 rings (SSSR count). The molecule has 0 saturated carbocycles. The molecular formula is C12H16O5. The maximum atomic E-state index is 5.66. The van der Waals surface area contributed by atoms with Crippen LogP contribution in [0, 0.1) is 0 Å². The van der Waals surface area contributed by atoms with E-state index in [1.54, 1.807) is 0 Å². The number of furan rings is 1. The third kappa shape index (κ3) is 2.52. The second-order valence-electron chi connectivity index (χ2n) is 4.09. The summed E-state index contributed by atoms with van der Waals surface area (Å²) in [5.41, 5.74) is 0. The van der Waals surface area contributed by atoms with Crippen LogP contribution in [0.15, 0.2) is 16.5 Å². The predicted octanol–water partition coefficient (Wildman–Crippen LogP) is 2.15. The molecule has 0 radical (unpaired) electrons. The molecule has 1 aromatic rings. The smallest absolute Gasteiger partial charge is 0.217 e. The SMILES string of the molecule is c1cc(C2OCCCO2)oc1C1OCCCO1. The number of hydrogen-bond donors (Lipinski definition) is 0. The van der Waals surface area contributed by atoms with E-state index >= 15 is 0 Å². The Kier molecular flexibility index (Phi) is 3.42. The minimum Gasteiger partial charge on any atom is -0.455 e. The van der Waals surface area contributed by atoms with Gasteiger partial charge in [-0.25, -0.2) is 0 Å². The van der Waals surface area contributed by atoms with Crippen LogP contribution in [0.2, 0.25) is 0 Å². The zero-order chi connectivity index (χ0) is 11.5. The second kappa shape index (κ2) is 5.18. The van der Waals surface area contributed by atoms with Crippen LogP contribution >= 0.6 is 0 Å². The number of ether oxygens (including phenoxy) is 4. The maximum absolute atomic E-state index is 5.66. The Hall–Kier alpha value is -0.880. The third-order valence-corrected chi connectivity index (χ3v) is 2.77. The fourth-order valence-electron chi connectivity index (χ4n) is 1.93. The molecule has 2 aliphatic rings. The molecule has 17 heavy (non-hydrogen) atoms. The lowest BCUT2D eigenvalue weighted by atomic mass is 10.3. The van der Waals surface area contributed by atoms with Crippen molar-refractivity contribution in [1.82, 2.24) is 0 Å². The van der Waals surface area contributed by atoms with Crippen LogP contribution in [0.1, 0.15) is 36.9 Å². The summed E-state index contributed by atoms with van der Waals surface area (Å²) in [7, 11) is 0. The number of rotatable bonds is 2. The predicted molar refractivity (Wildman–Crippen MR) is 57.2 cm³/mol. The highest BCUT2D eigenvalue weighted by molar-refractivity contribution is 5.09. The summed E-state index contributed by atoms with van der Waals surface area (Å²) < 4.78 is 27.5. The minimum atomic E-state index is -0.388. The van der Waals surface area contributed by atoms with Crippen molar-refractivity contribution in [3.8, 4) is 0 Å². The van der Waals surface area contributed by atoms with Gasteiger partial charge < -0.3 is 23.4 Å². The van der Waals surface area contributed by atoms with Crippen molar-refractivity contribution in [2.75, 3.05) is 26.4 Å². The molecule has 0 aromatic carbocycles. The Labute approximate surface area is 99.6 Å². The van der Waals surface area contributed by atoms with Gasteiger partial charge in [-0.1, -0.05) is 0 Å². The fraction of sp³-hybridized carbons (Fsp3) is 0.667. The number of hydrogen-bond acceptors (Lipinski definition) is 5. The maximum Gasteiger partial charge on any atom is 0.217 e. The first kappa shape index (κ1) is 11.2. The molecule has 0 unspecified atom stereocenters. The van der Waals surface area contributed by atoms with Gasteiger partial charge >= 0.3 is 0 Å². The first-order valence-electron chi connectivity index (χ1n) is 5.99. The Morgan fingerprint density at radius 2 is 1.12 bits per heavy atom. The largest absolute Gasteiger partial charge is 0.455 e. The van der Waals surface area contributed by atoms with Gasteiger partial charge in [0.05, 0.1) is 26.4 Å². The van der Waals surface area contributed by atoms with Crippen LogP contribution in [0.25, 0.3) is 0 Å². The van der Waals surface area contributed by atoms with E-state index in [0.717, 1.165) is 12.8 Å². The Bertz CT molecular complexity index is 317. The summed E-state index contributed by atoms with van der Waals surface area (Å²) in [6.45, 7) is 2.82. The van der Waals surface area contributed by atoms with Gasteiger partial charge in [-0.3, -0.25) is 0 Å². The summed E-state index contributed by atoms with van der Waals surface area (Å²) >= 11 is 0. The van der Waals surface area contributed by atoms with Gasteiger partial charge in [0.15, 0.2) is 11.5 Å². The molecule has 0 spiro atoms. The van der Waals surface area contributed by atoms with Crippen molar-refractivity contribution >= 4 is 0 Å². The molecule has 1 aromatic heterocycles. The van der Waals surface area contributed by atoms with Gasteiger partial charge in [-0.2, -0.15) is 0 Å². The highest BCUT2D eigenvalue weighted by Gasteiger charge is 2.24. The second-order valence-corrected chi connectivity index (χ2v) is 4.09. The van der Waals surface area contributed by atoms with Gasteiger partial charge in [-0.15, -0.1) is 0 Å². The van der Waals surface area contributed by atoms with Crippen LogP contribution in [0.3, 0.4) is 0 Å². The standard InChI is InChI=1S/C12H16O5/c1-5-13-11(14-6-1)9-3-4-10(17-9)12-15-7-2-8-16-12/h3-4,11-12H,1-2,5-8H2. The first-order chi connectivity index (χ1) is 8.43. The van der Waals surface area contributed by atoms with Crippen LogP contribution in [-0.2, 0) is 18.9 Å². The van der Waals surface area contributed by atoms with E-state index in [1.807, 2.05) is 12.1 Å². The Balaban J connectivity index is 1.68. The fourth-order valence-corrected chi connectivity index (χ4v) is 1.93. The topological polar surface area (TPSA) is 50.1 Å². The van der Waals surface area contributed by atoms with Gasteiger partial charge in [0.2, 0.25) is 12.6 Å². The average molecular weight is 240 g/mol. The third-order valence-electron chi connectivity index (χ3n) is 2.77. The van der Waals surface area contributed by atoms with Crippen molar-refractivity contribution in [3.05, 3.63) is 23.7 Å². The first-order valence-corrected chi connectivity index (χ1v) is 5.99. The molecule has 5 nitrogen and oxygen atoms in total. The molecule has 0 aliphatic carbocycles. The van der Waals surface area contributed by atoms with Crippen molar-refractivity contribution in [1.29, 1.82) is 0 Å². The molecule has 2 aliphatic heterocycles. The molecule has 94 valence electrons. The monoisotopic (exact) mass is 240 g/mol. The van der Waals surface area contributed by atoms with Gasteiger partial charge in [0.1, 0.15) is 0 Å². The molecule has 0 amide bonds. The minimum absolute atomic E-state index is 0.388. The van der Waals surface area contributed by atoms with Crippen LogP contribution in [0.4, 0.5) is 0 Å². The van der Waals surface area contributed by atoms with Crippen molar-refractivity contribution in [3.63, 3.8) is 0 Å². The molecule has 2 fully saturated rings. The van der Waals surface area contributed by atoms with E-state index in [1.165, 1.54) is 0 Å². The van der Waals surface area contributed by atoms with E-state index in [4.69, 9.17) is 23.4 Å². The van der Waals surface area contributed by atoms with E-state index in [9.17, 15) is 0 Å². The summed E-state index contributed by atoms with van der Waals surface area (Å²) in [6.07, 6.45) is 1.08. The lowest BCUT2D eigenvalue weighted by molar-refractivity contribution is -0.202. The summed E-state index contributed by atoms with van der Waals surface area (Å²) in [6, 6.07) is 3.71. The molecule has 3 heterocycles. The molecular weight excluding hydrogens is 224 g/mol. The molecule has 0 N–H and O–H groups in total. The van der Waals surface area contributed by atoms with E-state index in [0.29, 0.717) is 37.9 Å². The van der Waals surface area contributed by atoms with Crippen molar-refractivity contribution in [2.45, 2.75) is 25.4 Å². The van der Waals surface area contributed by atoms with Crippen LogP contribution in [0.5, 0.6) is 0 Å². The van der Waals surface area contributed by atoms with Crippen LogP contribution in [-0.4, -0.2) is 26.4 Å². The summed E-state index contributed by atoms with van der Waals surface area (Å²) in [5, 5.41) is 0. The summed E-state index contributed by atoms with van der Waals surface area (Å²) in [5.74, 6) is 1.36. The molecule has 5 heteroatoms. The van der Waals surface area contributed by atoms with E-state index in [2.05, 4.69) is 0 Å². The lowest BCUT2D eigenvalue weighted by Crippen LogP contribution is -2.18. The Morgan fingerprint density at radius 1 is 0.706 bits per heavy atom. The quantitative estimate of drug-likeness (QED) is 0.792. The Morgan fingerprint density at radius 3 is 1.53 bits per heavy atom. The van der Waals surface area contributed by atoms with Gasteiger partial charge in [0.25, 0.3) is 0 Å². The normalized spacial score (nSPS) is 24.0. The van der Waals surface area contributed by atoms with E-state index in [-0.39, 0.29) is 12.6 Å². The van der Waals surface area contributed by atoms with Gasteiger partial charge in [-0.05, 0) is 25.0 Å². The van der Waals surface area contributed by atoms with Gasteiger partial charge in [0, 0.05) is 0 Å². The molecule has 0 atom stereocenters. The highest BCUT2D eigenvalue weighted by Crippen LogP contribution is 2.29. The molecule has 2 saturated heterocycles. The van der Waals surface area contributed by atoms with Crippen molar-refractivity contribution in [2.24, 2.45) is 0 Å². The lowest BCUT2D eigenvalue weighted by Gasteiger charge is -2.22. The highest BCUT2D eigenvalue weighted by atomic mass is 16.7.